The minimum absolute atomic E-state index is 0.101. The summed E-state index contributed by atoms with van der Waals surface area (Å²) in [4.78, 5) is 26.1. The number of carbonyl (C=O) groups is 2. The van der Waals surface area contributed by atoms with Crippen LogP contribution in [0.4, 0.5) is 0 Å². The number of esters is 1. The van der Waals surface area contributed by atoms with Gasteiger partial charge in [0.05, 0.1) is 18.6 Å². The molecule has 0 spiro atoms. The number of hydrogen-bond donors (Lipinski definition) is 0. The number of amides is 1. The summed E-state index contributed by atoms with van der Waals surface area (Å²) in [5, 5.41) is 9.43. The summed E-state index contributed by atoms with van der Waals surface area (Å²) in [5.74, 6) is -0.400. The third kappa shape index (κ3) is 3.35. The number of ether oxygens (including phenoxy) is 2. The van der Waals surface area contributed by atoms with Gasteiger partial charge in [-0.1, -0.05) is 0 Å². The summed E-state index contributed by atoms with van der Waals surface area (Å²) in [6.07, 6.45) is 2.14. The first-order chi connectivity index (χ1) is 10.1. The van der Waals surface area contributed by atoms with Crippen LogP contribution in [0.25, 0.3) is 0 Å². The maximum absolute atomic E-state index is 12.6. The van der Waals surface area contributed by atoms with Crippen molar-refractivity contribution in [2.24, 2.45) is 11.3 Å². The molecule has 0 unspecified atom stereocenters. The van der Waals surface area contributed by atoms with Gasteiger partial charge in [-0.3, -0.25) is 9.59 Å². The van der Waals surface area contributed by atoms with Gasteiger partial charge in [0.2, 0.25) is 5.91 Å². The lowest BCUT2D eigenvalue weighted by molar-refractivity contribution is -0.153. The molecular formula is C15H22N2O4. The first-order valence-corrected chi connectivity index (χ1v) is 7.58. The second-order valence-electron chi connectivity index (χ2n) is 5.62. The molecule has 0 N–H and O–H groups in total. The minimum Gasteiger partial charge on any atom is -0.466 e. The molecule has 2 aliphatic heterocycles. The van der Waals surface area contributed by atoms with Crippen molar-refractivity contribution in [1.29, 1.82) is 5.26 Å². The van der Waals surface area contributed by atoms with Crippen LogP contribution in [0.15, 0.2) is 0 Å². The standard InChI is InChI=1S/C15H22N2O4/c1-2-21-13(18)12-3-7-17(8-4-12)14(19)15(11-16)5-9-20-10-6-15/h12H,2-10H2,1H3. The Kier molecular flexibility index (Phi) is 5.18. The Morgan fingerprint density at radius 2 is 1.95 bits per heavy atom. The third-order valence-electron chi connectivity index (χ3n) is 4.37. The van der Waals surface area contributed by atoms with Crippen LogP contribution >= 0.6 is 0 Å². The van der Waals surface area contributed by atoms with Crippen molar-refractivity contribution >= 4 is 11.9 Å². The van der Waals surface area contributed by atoms with Gasteiger partial charge in [0.15, 0.2) is 0 Å². The van der Waals surface area contributed by atoms with E-state index in [4.69, 9.17) is 9.47 Å². The molecular weight excluding hydrogens is 272 g/mol. The van der Waals surface area contributed by atoms with Gasteiger partial charge in [-0.15, -0.1) is 0 Å². The highest BCUT2D eigenvalue weighted by atomic mass is 16.5. The van der Waals surface area contributed by atoms with Crippen molar-refractivity contribution in [3.05, 3.63) is 0 Å². The summed E-state index contributed by atoms with van der Waals surface area (Å²) < 4.78 is 10.3. The van der Waals surface area contributed by atoms with Crippen LogP contribution in [0.3, 0.4) is 0 Å². The highest BCUT2D eigenvalue weighted by molar-refractivity contribution is 5.86. The van der Waals surface area contributed by atoms with E-state index in [2.05, 4.69) is 6.07 Å². The number of rotatable bonds is 3. The molecule has 0 atom stereocenters. The number of nitriles is 1. The second kappa shape index (κ2) is 6.90. The van der Waals surface area contributed by atoms with Gasteiger partial charge in [0.25, 0.3) is 0 Å². The van der Waals surface area contributed by atoms with Gasteiger partial charge in [0, 0.05) is 26.3 Å². The average Bonchev–Trinajstić information content (AvgIpc) is 2.55. The first kappa shape index (κ1) is 15.8. The van der Waals surface area contributed by atoms with Crippen molar-refractivity contribution in [2.75, 3.05) is 32.9 Å². The Morgan fingerprint density at radius 3 is 2.48 bits per heavy atom. The SMILES string of the molecule is CCOC(=O)C1CCN(C(=O)C2(C#N)CCOCC2)CC1. The van der Waals surface area contributed by atoms with Gasteiger partial charge in [-0.25, -0.2) is 0 Å². The quantitative estimate of drug-likeness (QED) is 0.728. The van der Waals surface area contributed by atoms with E-state index in [-0.39, 0.29) is 17.8 Å². The summed E-state index contributed by atoms with van der Waals surface area (Å²) in [5.41, 5.74) is -0.936. The van der Waals surface area contributed by atoms with Crippen LogP contribution in [-0.2, 0) is 19.1 Å². The lowest BCUT2D eigenvalue weighted by Gasteiger charge is -2.37. The monoisotopic (exact) mass is 294 g/mol. The van der Waals surface area contributed by atoms with E-state index in [9.17, 15) is 14.9 Å². The maximum Gasteiger partial charge on any atom is 0.309 e. The molecule has 21 heavy (non-hydrogen) atoms. The number of likely N-dealkylation sites (tertiary alicyclic amines) is 1. The van der Waals surface area contributed by atoms with Crippen LogP contribution in [-0.4, -0.2) is 49.7 Å². The van der Waals surface area contributed by atoms with E-state index in [0.29, 0.717) is 58.6 Å². The Labute approximate surface area is 125 Å². The summed E-state index contributed by atoms with van der Waals surface area (Å²) in [6, 6.07) is 2.21. The van der Waals surface area contributed by atoms with Crippen LogP contribution in [0.2, 0.25) is 0 Å². The van der Waals surface area contributed by atoms with Gasteiger partial charge in [-0.2, -0.15) is 5.26 Å². The predicted octanol–water partition coefficient (Wildman–Crippen LogP) is 1.11. The fraction of sp³-hybridized carbons (Fsp3) is 0.800. The molecule has 2 aliphatic rings. The first-order valence-electron chi connectivity index (χ1n) is 7.58. The summed E-state index contributed by atoms with van der Waals surface area (Å²) in [7, 11) is 0. The highest BCUT2D eigenvalue weighted by Gasteiger charge is 2.44. The molecule has 0 aliphatic carbocycles. The van der Waals surface area contributed by atoms with Crippen molar-refractivity contribution in [3.63, 3.8) is 0 Å². The largest absolute Gasteiger partial charge is 0.466 e. The smallest absolute Gasteiger partial charge is 0.309 e. The fourth-order valence-electron chi connectivity index (χ4n) is 2.97. The van der Waals surface area contributed by atoms with Crippen LogP contribution in [0.1, 0.15) is 32.6 Å². The van der Waals surface area contributed by atoms with Crippen LogP contribution in [0.5, 0.6) is 0 Å². The van der Waals surface area contributed by atoms with Crippen molar-refractivity contribution in [2.45, 2.75) is 32.6 Å². The molecule has 2 fully saturated rings. The van der Waals surface area contributed by atoms with Gasteiger partial charge < -0.3 is 14.4 Å². The molecule has 2 heterocycles. The normalized spacial score (nSPS) is 22.4. The van der Waals surface area contributed by atoms with Crippen molar-refractivity contribution in [3.8, 4) is 6.07 Å². The van der Waals surface area contributed by atoms with E-state index in [1.165, 1.54) is 0 Å². The van der Waals surface area contributed by atoms with Crippen LogP contribution in [0, 0.1) is 22.7 Å². The van der Waals surface area contributed by atoms with E-state index >= 15 is 0 Å². The van der Waals surface area contributed by atoms with Gasteiger partial charge in [0.1, 0.15) is 5.41 Å². The van der Waals surface area contributed by atoms with E-state index in [1.807, 2.05) is 0 Å². The van der Waals surface area contributed by atoms with E-state index < -0.39 is 5.41 Å². The Hall–Kier alpha value is -1.61. The molecule has 0 aromatic heterocycles. The maximum atomic E-state index is 12.6. The van der Waals surface area contributed by atoms with Crippen molar-refractivity contribution < 1.29 is 19.1 Å². The Bertz CT molecular complexity index is 429. The summed E-state index contributed by atoms with van der Waals surface area (Å²) >= 11 is 0. The number of nitrogens with zero attached hydrogens (tertiary/aromatic N) is 2. The predicted molar refractivity (Wildman–Crippen MR) is 74.0 cm³/mol. The molecule has 0 radical (unpaired) electrons. The zero-order valence-corrected chi connectivity index (χ0v) is 12.5. The Balaban J connectivity index is 1.93. The Morgan fingerprint density at radius 1 is 1.33 bits per heavy atom. The average molecular weight is 294 g/mol. The lowest BCUT2D eigenvalue weighted by Crippen LogP contribution is -2.49. The molecule has 116 valence electrons. The molecule has 1 amide bonds. The molecule has 0 bridgehead atoms. The molecule has 6 heteroatoms. The summed E-state index contributed by atoms with van der Waals surface area (Å²) in [6.45, 7) is 4.13. The molecule has 0 saturated carbocycles. The minimum atomic E-state index is -0.936. The third-order valence-corrected chi connectivity index (χ3v) is 4.37. The van der Waals surface area contributed by atoms with Crippen molar-refractivity contribution in [1.82, 2.24) is 4.90 Å². The molecule has 0 aromatic rings. The number of piperidine rings is 1. The van der Waals surface area contributed by atoms with E-state index in [1.54, 1.807) is 11.8 Å². The lowest BCUT2D eigenvalue weighted by atomic mass is 9.79. The van der Waals surface area contributed by atoms with Gasteiger partial charge in [-0.05, 0) is 32.6 Å². The molecule has 6 nitrogen and oxygen atoms in total. The zero-order valence-electron chi connectivity index (χ0n) is 12.5. The second-order valence-corrected chi connectivity index (χ2v) is 5.62. The van der Waals surface area contributed by atoms with Gasteiger partial charge >= 0.3 is 5.97 Å². The number of hydrogen-bond acceptors (Lipinski definition) is 5. The fourth-order valence-corrected chi connectivity index (χ4v) is 2.97. The molecule has 0 aromatic carbocycles. The zero-order chi connectivity index (χ0) is 15.3. The topological polar surface area (TPSA) is 79.6 Å². The number of carbonyl (C=O) groups excluding carboxylic acids is 2. The highest BCUT2D eigenvalue weighted by Crippen LogP contribution is 2.33. The molecule has 2 rings (SSSR count). The van der Waals surface area contributed by atoms with E-state index in [0.717, 1.165) is 0 Å². The van der Waals surface area contributed by atoms with Crippen LogP contribution < -0.4 is 0 Å². The molecule has 2 saturated heterocycles.